The van der Waals surface area contributed by atoms with Gasteiger partial charge < -0.3 is 0 Å². The van der Waals surface area contributed by atoms with Crippen LogP contribution in [0.2, 0.25) is 0 Å². The first-order chi connectivity index (χ1) is 4.24. The van der Waals surface area contributed by atoms with Gasteiger partial charge >= 0.3 is 0 Å². The molecule has 0 N–H and O–H groups in total. The fourth-order valence-corrected chi connectivity index (χ4v) is 0.946. The van der Waals surface area contributed by atoms with Crippen molar-refractivity contribution < 1.29 is 0 Å². The molecular formula is C6H7IN2. The van der Waals surface area contributed by atoms with Crippen LogP contribution in [0.5, 0.6) is 0 Å². The molecule has 0 amide bonds. The molecule has 1 aromatic rings. The van der Waals surface area contributed by atoms with E-state index in [1.54, 1.807) is 10.9 Å². The summed E-state index contributed by atoms with van der Waals surface area (Å²) in [5.41, 5.74) is 1.05. The maximum Gasteiger partial charge on any atom is 0.0731 e. The fraction of sp³-hybridized carbons (Fsp3) is 0.167. The lowest BCUT2D eigenvalue weighted by Crippen LogP contribution is -1.83. The van der Waals surface area contributed by atoms with E-state index in [0.717, 1.165) is 5.69 Å². The van der Waals surface area contributed by atoms with Gasteiger partial charge in [-0.25, -0.2) is 4.68 Å². The number of halogens is 1. The van der Waals surface area contributed by atoms with Crippen LogP contribution < -0.4 is 0 Å². The first kappa shape index (κ1) is 6.80. The molecule has 0 spiro atoms. The van der Waals surface area contributed by atoms with E-state index < -0.39 is 0 Å². The van der Waals surface area contributed by atoms with Gasteiger partial charge in [-0.1, -0.05) is 6.58 Å². The number of aromatic nitrogens is 2. The van der Waals surface area contributed by atoms with Gasteiger partial charge in [0, 0.05) is 12.4 Å². The van der Waals surface area contributed by atoms with Crippen molar-refractivity contribution in [1.29, 1.82) is 0 Å². The Hall–Kier alpha value is -0.320. The quantitative estimate of drug-likeness (QED) is 0.678. The molecule has 0 aliphatic heterocycles. The van der Waals surface area contributed by atoms with Gasteiger partial charge in [-0.15, -0.1) is 0 Å². The normalized spacial score (nSPS) is 9.56. The molecule has 3 heteroatoms. The summed E-state index contributed by atoms with van der Waals surface area (Å²) in [7, 11) is 0. The zero-order chi connectivity index (χ0) is 6.85. The molecular weight excluding hydrogens is 227 g/mol. The van der Waals surface area contributed by atoms with Gasteiger partial charge in [0.15, 0.2) is 0 Å². The van der Waals surface area contributed by atoms with Crippen LogP contribution in [0.1, 0.15) is 5.69 Å². The number of hydrogen-bond donors (Lipinski definition) is 0. The van der Waals surface area contributed by atoms with Crippen molar-refractivity contribution in [1.82, 2.24) is 9.78 Å². The Kier molecular flexibility index (Phi) is 1.90. The average Bonchev–Trinajstić information content (AvgIpc) is 2.13. The minimum Gasteiger partial charge on any atom is -0.248 e. The number of rotatable bonds is 1. The summed E-state index contributed by atoms with van der Waals surface area (Å²) in [4.78, 5) is 0. The van der Waals surface area contributed by atoms with E-state index in [1.165, 1.54) is 3.57 Å². The lowest BCUT2D eigenvalue weighted by atomic mass is 10.5. The zero-order valence-corrected chi connectivity index (χ0v) is 7.29. The molecule has 0 aliphatic carbocycles. The summed E-state index contributed by atoms with van der Waals surface area (Å²) in [5, 5.41) is 4.12. The van der Waals surface area contributed by atoms with Crippen LogP contribution in [-0.2, 0) is 0 Å². The van der Waals surface area contributed by atoms with Crippen molar-refractivity contribution in [3.05, 3.63) is 22.0 Å². The maximum absolute atomic E-state index is 4.12. The van der Waals surface area contributed by atoms with Crippen molar-refractivity contribution >= 4 is 28.8 Å². The Labute approximate surface area is 67.7 Å². The van der Waals surface area contributed by atoms with Gasteiger partial charge in [0.25, 0.3) is 0 Å². The van der Waals surface area contributed by atoms with E-state index >= 15 is 0 Å². The van der Waals surface area contributed by atoms with Crippen molar-refractivity contribution in [2.45, 2.75) is 6.92 Å². The topological polar surface area (TPSA) is 17.8 Å². The monoisotopic (exact) mass is 234 g/mol. The van der Waals surface area contributed by atoms with E-state index in [-0.39, 0.29) is 0 Å². The molecule has 1 rings (SSSR count). The highest BCUT2D eigenvalue weighted by atomic mass is 127. The Balaban J connectivity index is 3.11. The van der Waals surface area contributed by atoms with Crippen molar-refractivity contribution in [3.63, 3.8) is 0 Å². The van der Waals surface area contributed by atoms with Crippen LogP contribution in [0.3, 0.4) is 0 Å². The number of aryl methyl sites for hydroxylation is 1. The summed E-state index contributed by atoms with van der Waals surface area (Å²) < 4.78 is 2.88. The van der Waals surface area contributed by atoms with Crippen LogP contribution in [0, 0.1) is 10.5 Å². The maximum atomic E-state index is 4.12. The van der Waals surface area contributed by atoms with E-state index in [0.29, 0.717) is 0 Å². The van der Waals surface area contributed by atoms with Crippen molar-refractivity contribution in [2.24, 2.45) is 0 Å². The summed E-state index contributed by atoms with van der Waals surface area (Å²) in [5.74, 6) is 0. The molecule has 0 saturated carbocycles. The third-order valence-electron chi connectivity index (χ3n) is 1.04. The van der Waals surface area contributed by atoms with Crippen LogP contribution >= 0.6 is 22.6 Å². The van der Waals surface area contributed by atoms with Gasteiger partial charge in [0.2, 0.25) is 0 Å². The van der Waals surface area contributed by atoms with E-state index in [2.05, 4.69) is 34.3 Å². The highest BCUT2D eigenvalue weighted by molar-refractivity contribution is 14.1. The van der Waals surface area contributed by atoms with E-state index in [1.807, 2.05) is 13.1 Å². The number of nitrogens with zero attached hydrogens (tertiary/aromatic N) is 2. The molecule has 0 aromatic carbocycles. The van der Waals surface area contributed by atoms with Gasteiger partial charge in [-0.05, 0) is 29.5 Å². The molecule has 1 heterocycles. The molecule has 9 heavy (non-hydrogen) atoms. The average molecular weight is 234 g/mol. The van der Waals surface area contributed by atoms with Gasteiger partial charge in [-0.3, -0.25) is 0 Å². The molecule has 0 radical (unpaired) electrons. The highest BCUT2D eigenvalue weighted by Crippen LogP contribution is 2.07. The largest absolute Gasteiger partial charge is 0.248 e. The second kappa shape index (κ2) is 2.51. The smallest absolute Gasteiger partial charge is 0.0731 e. The van der Waals surface area contributed by atoms with Gasteiger partial charge in [-0.2, -0.15) is 5.10 Å². The number of hydrogen-bond acceptors (Lipinski definition) is 1. The van der Waals surface area contributed by atoms with Crippen molar-refractivity contribution in [3.8, 4) is 0 Å². The summed E-state index contributed by atoms with van der Waals surface area (Å²) >= 11 is 2.24. The van der Waals surface area contributed by atoms with E-state index in [4.69, 9.17) is 0 Å². The Morgan fingerprint density at radius 2 is 2.56 bits per heavy atom. The third kappa shape index (κ3) is 1.32. The third-order valence-corrected chi connectivity index (χ3v) is 2.10. The Morgan fingerprint density at radius 3 is 2.78 bits per heavy atom. The lowest BCUT2D eigenvalue weighted by Gasteiger charge is -1.82. The Bertz CT molecular complexity index is 207. The summed E-state index contributed by atoms with van der Waals surface area (Å²) in [6.07, 6.45) is 3.61. The fourth-order valence-electron chi connectivity index (χ4n) is 0.553. The SMILES string of the molecule is C=Cn1cc(I)c(C)n1. The molecule has 0 saturated heterocycles. The molecule has 0 aliphatic rings. The predicted molar refractivity (Wildman–Crippen MR) is 46.1 cm³/mol. The minimum absolute atomic E-state index is 1.05. The van der Waals surface area contributed by atoms with Crippen molar-refractivity contribution in [2.75, 3.05) is 0 Å². The Morgan fingerprint density at radius 1 is 1.89 bits per heavy atom. The predicted octanol–water partition coefficient (Wildman–Crippen LogP) is 1.90. The van der Waals surface area contributed by atoms with Crippen LogP contribution in [-0.4, -0.2) is 9.78 Å². The molecule has 0 unspecified atom stereocenters. The second-order valence-electron chi connectivity index (χ2n) is 1.73. The van der Waals surface area contributed by atoms with Crippen LogP contribution in [0.4, 0.5) is 0 Å². The van der Waals surface area contributed by atoms with Crippen LogP contribution in [0.15, 0.2) is 12.8 Å². The zero-order valence-electron chi connectivity index (χ0n) is 5.13. The molecule has 0 atom stereocenters. The molecule has 0 bridgehead atoms. The minimum atomic E-state index is 1.05. The van der Waals surface area contributed by atoms with Gasteiger partial charge in [0.05, 0.1) is 9.26 Å². The second-order valence-corrected chi connectivity index (χ2v) is 2.89. The van der Waals surface area contributed by atoms with E-state index in [9.17, 15) is 0 Å². The first-order valence-electron chi connectivity index (χ1n) is 2.58. The standard InChI is InChI=1S/C6H7IN2/c1-3-9-4-6(7)5(2)8-9/h3-4H,1H2,2H3. The summed E-state index contributed by atoms with van der Waals surface area (Å²) in [6.45, 7) is 5.56. The highest BCUT2D eigenvalue weighted by Gasteiger charge is 1.96. The lowest BCUT2D eigenvalue weighted by molar-refractivity contribution is 0.913. The molecule has 48 valence electrons. The molecule has 1 aromatic heterocycles. The molecule has 2 nitrogen and oxygen atoms in total. The van der Waals surface area contributed by atoms with Crippen LogP contribution in [0.25, 0.3) is 6.20 Å². The molecule has 0 fully saturated rings. The summed E-state index contributed by atoms with van der Waals surface area (Å²) in [6, 6.07) is 0. The first-order valence-corrected chi connectivity index (χ1v) is 3.65. The van der Waals surface area contributed by atoms with Gasteiger partial charge in [0.1, 0.15) is 0 Å².